The molecule has 2 aliphatic rings. The number of nitrogens with zero attached hydrogens (tertiary/aromatic N) is 2. The van der Waals surface area contributed by atoms with Gasteiger partial charge >= 0.3 is 6.18 Å². The highest BCUT2D eigenvalue weighted by Gasteiger charge is 2.37. The van der Waals surface area contributed by atoms with Gasteiger partial charge in [-0.1, -0.05) is 33.1 Å². The Morgan fingerprint density at radius 3 is 2.19 bits per heavy atom. The second-order valence-corrected chi connectivity index (χ2v) is 9.15. The lowest BCUT2D eigenvalue weighted by atomic mass is 9.94. The molecule has 3 rings (SSSR count). The summed E-state index contributed by atoms with van der Waals surface area (Å²) in [5, 5.41) is 3.13. The number of benzene rings is 1. The largest absolute Gasteiger partial charge is 0.416 e. The standard InChI is InChI=1S/C24H34F3N3O2/c1-3-17(2)16-28-22(31)21(18-6-4-5-7-18)29-12-14-30(15-13-29)23(32)19-8-10-20(11-9-19)24(25,26)27/h8-11,17-18,21H,3-7,12-16H2,1-2H3,(H,28,31)/t17-,21-/m1/s1. The van der Waals surface area contributed by atoms with E-state index in [1.54, 1.807) is 4.90 Å². The van der Waals surface area contributed by atoms with Crippen molar-refractivity contribution in [2.45, 2.75) is 58.2 Å². The molecular formula is C24H34F3N3O2. The fourth-order valence-corrected chi connectivity index (χ4v) is 4.66. The van der Waals surface area contributed by atoms with Crippen LogP contribution in [0.5, 0.6) is 0 Å². The zero-order valence-corrected chi connectivity index (χ0v) is 19.0. The van der Waals surface area contributed by atoms with Gasteiger partial charge in [0.2, 0.25) is 5.91 Å². The summed E-state index contributed by atoms with van der Waals surface area (Å²) in [4.78, 5) is 29.7. The van der Waals surface area contributed by atoms with E-state index >= 15 is 0 Å². The van der Waals surface area contributed by atoms with Crippen molar-refractivity contribution in [2.75, 3.05) is 32.7 Å². The highest BCUT2D eigenvalue weighted by Crippen LogP contribution is 2.32. The lowest BCUT2D eigenvalue weighted by molar-refractivity contribution is -0.137. The molecule has 32 heavy (non-hydrogen) atoms. The summed E-state index contributed by atoms with van der Waals surface area (Å²) in [6.45, 7) is 7.00. The van der Waals surface area contributed by atoms with Gasteiger partial charge in [-0.2, -0.15) is 13.2 Å². The van der Waals surface area contributed by atoms with E-state index in [-0.39, 0.29) is 23.4 Å². The van der Waals surface area contributed by atoms with E-state index in [0.717, 1.165) is 44.2 Å². The Bertz CT molecular complexity index is 768. The van der Waals surface area contributed by atoms with Gasteiger partial charge < -0.3 is 10.2 Å². The van der Waals surface area contributed by atoms with Crippen LogP contribution in [0, 0.1) is 11.8 Å². The SMILES string of the molecule is CC[C@@H](C)CNC(=O)[C@@H](C1CCCC1)N1CCN(C(=O)c2ccc(C(F)(F)F)cc2)CC1. The molecule has 1 aromatic carbocycles. The van der Waals surface area contributed by atoms with Gasteiger partial charge in [-0.05, 0) is 48.9 Å². The Morgan fingerprint density at radius 2 is 1.66 bits per heavy atom. The second kappa shape index (κ2) is 10.7. The predicted molar refractivity (Wildman–Crippen MR) is 117 cm³/mol. The molecule has 1 aromatic rings. The van der Waals surface area contributed by atoms with Crippen molar-refractivity contribution in [3.05, 3.63) is 35.4 Å². The van der Waals surface area contributed by atoms with Gasteiger partial charge in [0, 0.05) is 38.3 Å². The van der Waals surface area contributed by atoms with Crippen LogP contribution < -0.4 is 5.32 Å². The lowest BCUT2D eigenvalue weighted by Crippen LogP contribution is -2.58. The van der Waals surface area contributed by atoms with Crippen molar-refractivity contribution in [2.24, 2.45) is 11.8 Å². The summed E-state index contributed by atoms with van der Waals surface area (Å²) in [6.07, 6.45) is 0.980. The molecule has 0 spiro atoms. The van der Waals surface area contributed by atoms with Gasteiger partial charge in [0.25, 0.3) is 5.91 Å². The van der Waals surface area contributed by atoms with Crippen LogP contribution in [-0.2, 0) is 11.0 Å². The van der Waals surface area contributed by atoms with E-state index in [2.05, 4.69) is 24.1 Å². The molecule has 0 unspecified atom stereocenters. The van der Waals surface area contributed by atoms with E-state index in [1.165, 1.54) is 12.1 Å². The molecule has 2 fully saturated rings. The first-order valence-electron chi connectivity index (χ1n) is 11.7. The van der Waals surface area contributed by atoms with Crippen molar-refractivity contribution in [1.82, 2.24) is 15.1 Å². The molecule has 2 amide bonds. The molecule has 178 valence electrons. The van der Waals surface area contributed by atoms with Crippen molar-refractivity contribution < 1.29 is 22.8 Å². The van der Waals surface area contributed by atoms with Gasteiger partial charge in [0.1, 0.15) is 0 Å². The summed E-state index contributed by atoms with van der Waals surface area (Å²) in [7, 11) is 0. The van der Waals surface area contributed by atoms with Crippen LogP contribution in [0.1, 0.15) is 61.9 Å². The average molecular weight is 454 g/mol. The maximum absolute atomic E-state index is 13.1. The van der Waals surface area contributed by atoms with Crippen LogP contribution in [0.4, 0.5) is 13.2 Å². The van der Waals surface area contributed by atoms with E-state index in [0.29, 0.717) is 44.6 Å². The van der Waals surface area contributed by atoms with Crippen molar-refractivity contribution in [3.8, 4) is 0 Å². The summed E-state index contributed by atoms with van der Waals surface area (Å²) in [6, 6.07) is 4.19. The zero-order chi connectivity index (χ0) is 23.3. The molecular weight excluding hydrogens is 419 g/mol. The highest BCUT2D eigenvalue weighted by molar-refractivity contribution is 5.94. The van der Waals surface area contributed by atoms with E-state index in [4.69, 9.17) is 0 Å². The van der Waals surface area contributed by atoms with Gasteiger partial charge in [-0.25, -0.2) is 0 Å². The molecule has 1 saturated heterocycles. The molecule has 1 saturated carbocycles. The molecule has 1 heterocycles. The Hall–Kier alpha value is -2.09. The highest BCUT2D eigenvalue weighted by atomic mass is 19.4. The number of rotatable bonds is 7. The van der Waals surface area contributed by atoms with Crippen molar-refractivity contribution in [1.29, 1.82) is 0 Å². The smallest absolute Gasteiger partial charge is 0.354 e. The monoisotopic (exact) mass is 453 g/mol. The minimum atomic E-state index is -4.42. The first-order valence-corrected chi connectivity index (χ1v) is 11.7. The van der Waals surface area contributed by atoms with Crippen LogP contribution in [0.3, 0.4) is 0 Å². The molecule has 0 radical (unpaired) electrons. The Balaban J connectivity index is 1.61. The molecule has 0 aromatic heterocycles. The summed E-state index contributed by atoms with van der Waals surface area (Å²) in [5.74, 6) is 0.585. The molecule has 1 aliphatic heterocycles. The fourth-order valence-electron chi connectivity index (χ4n) is 4.66. The average Bonchev–Trinajstić information content (AvgIpc) is 3.31. The van der Waals surface area contributed by atoms with Crippen LogP contribution in [0.15, 0.2) is 24.3 Å². The van der Waals surface area contributed by atoms with E-state index in [1.807, 2.05) is 0 Å². The van der Waals surface area contributed by atoms with Crippen LogP contribution in [0.25, 0.3) is 0 Å². The number of nitrogens with one attached hydrogen (secondary N) is 1. The van der Waals surface area contributed by atoms with Crippen LogP contribution in [-0.4, -0.2) is 60.4 Å². The topological polar surface area (TPSA) is 52.7 Å². The third-order valence-corrected chi connectivity index (χ3v) is 6.89. The number of hydrogen-bond acceptors (Lipinski definition) is 3. The van der Waals surface area contributed by atoms with Gasteiger partial charge in [0.15, 0.2) is 0 Å². The molecule has 8 heteroatoms. The molecule has 5 nitrogen and oxygen atoms in total. The molecule has 1 aliphatic carbocycles. The van der Waals surface area contributed by atoms with Crippen molar-refractivity contribution >= 4 is 11.8 Å². The summed E-state index contributed by atoms with van der Waals surface area (Å²) in [5.41, 5.74) is -0.508. The predicted octanol–water partition coefficient (Wildman–Crippen LogP) is 4.18. The van der Waals surface area contributed by atoms with Gasteiger partial charge in [0.05, 0.1) is 11.6 Å². The van der Waals surface area contributed by atoms with E-state index < -0.39 is 11.7 Å². The summed E-state index contributed by atoms with van der Waals surface area (Å²) < 4.78 is 38.3. The van der Waals surface area contributed by atoms with Crippen molar-refractivity contribution in [3.63, 3.8) is 0 Å². The van der Waals surface area contributed by atoms with Gasteiger partial charge in [-0.15, -0.1) is 0 Å². The normalized spacial score (nSPS) is 20.2. The van der Waals surface area contributed by atoms with Crippen LogP contribution >= 0.6 is 0 Å². The number of hydrogen-bond donors (Lipinski definition) is 1. The Kier molecular flexibility index (Phi) is 8.20. The first kappa shape index (κ1) is 24.6. The molecule has 1 N–H and O–H groups in total. The third kappa shape index (κ3) is 6.03. The fraction of sp³-hybridized carbons (Fsp3) is 0.667. The Labute approximate surface area is 188 Å². The number of halogens is 3. The maximum Gasteiger partial charge on any atom is 0.416 e. The minimum Gasteiger partial charge on any atom is -0.354 e. The number of alkyl halides is 3. The Morgan fingerprint density at radius 1 is 1.06 bits per heavy atom. The quantitative estimate of drug-likeness (QED) is 0.674. The molecule has 0 bridgehead atoms. The number of piperazine rings is 1. The molecule has 2 atom stereocenters. The minimum absolute atomic E-state index is 0.0831. The zero-order valence-electron chi connectivity index (χ0n) is 19.0. The summed E-state index contributed by atoms with van der Waals surface area (Å²) >= 11 is 0. The third-order valence-electron chi connectivity index (χ3n) is 6.89. The lowest BCUT2D eigenvalue weighted by Gasteiger charge is -2.41. The number of carbonyl (C=O) groups excluding carboxylic acids is 2. The second-order valence-electron chi connectivity index (χ2n) is 9.15. The van der Waals surface area contributed by atoms with Gasteiger partial charge in [-0.3, -0.25) is 14.5 Å². The number of carbonyl (C=O) groups is 2. The maximum atomic E-state index is 13.1. The van der Waals surface area contributed by atoms with E-state index in [9.17, 15) is 22.8 Å². The van der Waals surface area contributed by atoms with Crippen LogP contribution in [0.2, 0.25) is 0 Å². The number of amides is 2. The first-order chi connectivity index (χ1) is 15.2.